The molecule has 8 heteroatoms. The Morgan fingerprint density at radius 3 is 2.24 bits per heavy atom. The van der Waals surface area contributed by atoms with E-state index in [1.165, 1.54) is 0 Å². The summed E-state index contributed by atoms with van der Waals surface area (Å²) in [5, 5.41) is 24.2. The van der Waals surface area contributed by atoms with Crippen LogP contribution in [-0.4, -0.2) is 48.5 Å². The minimum Gasteiger partial charge on any atom is -0.480 e. The van der Waals surface area contributed by atoms with Crippen molar-refractivity contribution < 1.29 is 14.7 Å². The van der Waals surface area contributed by atoms with Crippen LogP contribution in [0.25, 0.3) is 22.5 Å². The Labute approximate surface area is 200 Å². The third-order valence-electron chi connectivity index (χ3n) is 6.29. The maximum Gasteiger partial charge on any atom is 0.326 e. The Morgan fingerprint density at radius 2 is 1.68 bits per heavy atom. The predicted molar refractivity (Wildman–Crippen MR) is 131 cm³/mol. The van der Waals surface area contributed by atoms with E-state index in [0.717, 1.165) is 35.1 Å². The molecule has 1 aromatic heterocycles. The van der Waals surface area contributed by atoms with Gasteiger partial charge in [0.2, 0.25) is 5.91 Å². The van der Waals surface area contributed by atoms with Crippen LogP contribution in [0.5, 0.6) is 0 Å². The lowest BCUT2D eigenvalue weighted by Gasteiger charge is -2.34. The number of rotatable bonds is 12. The summed E-state index contributed by atoms with van der Waals surface area (Å²) < 4.78 is 0. The summed E-state index contributed by atoms with van der Waals surface area (Å²) in [6, 6.07) is 14.9. The van der Waals surface area contributed by atoms with Gasteiger partial charge in [-0.25, -0.2) is 9.89 Å². The molecule has 1 atom stereocenters. The van der Waals surface area contributed by atoms with Crippen molar-refractivity contribution in [3.63, 3.8) is 0 Å². The number of aromatic nitrogens is 4. The van der Waals surface area contributed by atoms with Crippen molar-refractivity contribution >= 4 is 11.9 Å². The van der Waals surface area contributed by atoms with Crippen LogP contribution < -0.4 is 0 Å². The molecule has 0 fully saturated rings. The average Bonchev–Trinajstić information content (AvgIpc) is 3.40. The van der Waals surface area contributed by atoms with Crippen molar-refractivity contribution in [2.75, 3.05) is 0 Å². The fraction of sp³-hybridized carbons (Fsp3) is 0.423. The number of hydrogen-bond acceptors (Lipinski definition) is 5. The maximum absolute atomic E-state index is 13.1. The second-order valence-corrected chi connectivity index (χ2v) is 8.48. The lowest BCUT2D eigenvalue weighted by atomic mass is 9.92. The molecule has 0 saturated heterocycles. The number of aromatic amines is 1. The van der Waals surface area contributed by atoms with E-state index in [4.69, 9.17) is 0 Å². The molecule has 1 unspecified atom stereocenters. The van der Waals surface area contributed by atoms with Gasteiger partial charge < -0.3 is 10.0 Å². The number of carboxylic acids is 1. The zero-order valence-corrected chi connectivity index (χ0v) is 20.1. The molecule has 0 saturated carbocycles. The number of aliphatic carboxylic acids is 1. The number of hydrogen-bond donors (Lipinski definition) is 2. The lowest BCUT2D eigenvalue weighted by molar-refractivity contribution is -0.153. The van der Waals surface area contributed by atoms with Crippen LogP contribution >= 0.6 is 0 Å². The van der Waals surface area contributed by atoms with Gasteiger partial charge >= 0.3 is 5.97 Å². The molecular formula is C26H33N5O3. The molecule has 8 nitrogen and oxygen atoms in total. The number of unbranched alkanes of at least 4 members (excludes halogenated alkanes) is 1. The Hall–Kier alpha value is -3.55. The number of tetrazole rings is 1. The van der Waals surface area contributed by atoms with Crippen molar-refractivity contribution in [2.24, 2.45) is 5.92 Å². The first-order chi connectivity index (χ1) is 16.5. The molecule has 3 rings (SSSR count). The number of carbonyl (C=O) groups is 2. The zero-order valence-electron chi connectivity index (χ0n) is 20.1. The van der Waals surface area contributed by atoms with Crippen molar-refractivity contribution in [1.82, 2.24) is 25.5 Å². The molecule has 2 N–H and O–H groups in total. The Balaban J connectivity index is 1.89. The first-order valence-corrected chi connectivity index (χ1v) is 11.9. The highest BCUT2D eigenvalue weighted by Gasteiger charge is 2.34. The average molecular weight is 464 g/mol. The van der Waals surface area contributed by atoms with Gasteiger partial charge in [-0.1, -0.05) is 88.6 Å². The molecule has 0 radical (unpaired) electrons. The van der Waals surface area contributed by atoms with Gasteiger partial charge in [-0.15, -0.1) is 5.10 Å². The lowest BCUT2D eigenvalue weighted by Crippen LogP contribution is -2.48. The third kappa shape index (κ3) is 5.87. The molecule has 3 aromatic rings. The van der Waals surface area contributed by atoms with Crippen LogP contribution in [0.2, 0.25) is 0 Å². The summed E-state index contributed by atoms with van der Waals surface area (Å²) >= 11 is 0. The second kappa shape index (κ2) is 12.1. The number of nitrogens with zero attached hydrogens (tertiary/aromatic N) is 4. The van der Waals surface area contributed by atoms with E-state index in [1.54, 1.807) is 4.90 Å². The van der Waals surface area contributed by atoms with Gasteiger partial charge in [0.05, 0.1) is 0 Å². The van der Waals surface area contributed by atoms with Crippen molar-refractivity contribution in [2.45, 2.75) is 65.5 Å². The van der Waals surface area contributed by atoms with Crippen molar-refractivity contribution in [1.29, 1.82) is 0 Å². The number of carboxylic acid groups (broad SMARTS) is 1. The normalized spacial score (nSPS) is 12.0. The number of benzene rings is 2. The summed E-state index contributed by atoms with van der Waals surface area (Å²) in [6.07, 6.45) is 3.40. The molecule has 2 aromatic carbocycles. The molecule has 1 heterocycles. The molecule has 34 heavy (non-hydrogen) atoms. The zero-order chi connectivity index (χ0) is 24.5. The molecule has 0 bridgehead atoms. The summed E-state index contributed by atoms with van der Waals surface area (Å²) in [5.41, 5.74) is 3.74. The number of carbonyl (C=O) groups excluding carboxylic acids is 1. The molecule has 0 aliphatic carbocycles. The van der Waals surface area contributed by atoms with E-state index in [-0.39, 0.29) is 18.4 Å². The van der Waals surface area contributed by atoms with Crippen molar-refractivity contribution in [3.05, 3.63) is 54.1 Å². The Bertz CT molecular complexity index is 1060. The van der Waals surface area contributed by atoms with Gasteiger partial charge in [0.25, 0.3) is 0 Å². The number of H-pyrrole nitrogens is 1. The third-order valence-corrected chi connectivity index (χ3v) is 6.29. The fourth-order valence-corrected chi connectivity index (χ4v) is 4.34. The number of nitrogens with one attached hydrogen (secondary N) is 1. The first kappa shape index (κ1) is 25.1. The molecule has 1 amide bonds. The maximum atomic E-state index is 13.1. The van der Waals surface area contributed by atoms with Gasteiger partial charge in [0, 0.05) is 18.5 Å². The Kier molecular flexibility index (Phi) is 8.90. The van der Waals surface area contributed by atoms with Gasteiger partial charge in [-0.05, 0) is 39.5 Å². The van der Waals surface area contributed by atoms with Crippen LogP contribution in [0.3, 0.4) is 0 Å². The van der Waals surface area contributed by atoms with Crippen LogP contribution in [0.1, 0.15) is 58.4 Å². The van der Waals surface area contributed by atoms with E-state index >= 15 is 0 Å². The topological polar surface area (TPSA) is 112 Å². The summed E-state index contributed by atoms with van der Waals surface area (Å²) in [5.74, 6) is -0.551. The Morgan fingerprint density at radius 1 is 1.00 bits per heavy atom. The van der Waals surface area contributed by atoms with Gasteiger partial charge in [-0.2, -0.15) is 0 Å². The first-order valence-electron chi connectivity index (χ1n) is 11.9. The van der Waals surface area contributed by atoms with Gasteiger partial charge in [-0.3, -0.25) is 4.79 Å². The fourth-order valence-electron chi connectivity index (χ4n) is 4.34. The highest BCUT2D eigenvalue weighted by Crippen LogP contribution is 2.30. The summed E-state index contributed by atoms with van der Waals surface area (Å²) in [6.45, 7) is 6.26. The molecule has 0 spiro atoms. The highest BCUT2D eigenvalue weighted by atomic mass is 16.4. The summed E-state index contributed by atoms with van der Waals surface area (Å²) in [7, 11) is 0. The van der Waals surface area contributed by atoms with E-state index in [1.807, 2.05) is 69.3 Å². The quantitative estimate of drug-likeness (QED) is 0.393. The minimum atomic E-state index is -0.940. The van der Waals surface area contributed by atoms with E-state index in [9.17, 15) is 14.7 Å². The van der Waals surface area contributed by atoms with Gasteiger partial charge in [0.15, 0.2) is 5.82 Å². The van der Waals surface area contributed by atoms with Crippen LogP contribution in [0.4, 0.5) is 0 Å². The van der Waals surface area contributed by atoms with Crippen molar-refractivity contribution in [3.8, 4) is 22.5 Å². The monoisotopic (exact) mass is 463 g/mol. The van der Waals surface area contributed by atoms with E-state index in [2.05, 4.69) is 20.6 Å². The minimum absolute atomic E-state index is 0.0928. The molecule has 0 aliphatic rings. The SMILES string of the molecule is CCCCC(=O)N(Cc1ccc(-c2ccccc2-c2nnn[nH]2)cc1)C(C(=O)O)C(CC)CC. The van der Waals surface area contributed by atoms with Crippen LogP contribution in [0.15, 0.2) is 48.5 Å². The highest BCUT2D eigenvalue weighted by molar-refractivity contribution is 5.84. The summed E-state index contributed by atoms with van der Waals surface area (Å²) in [4.78, 5) is 26.9. The number of amides is 1. The smallest absolute Gasteiger partial charge is 0.326 e. The second-order valence-electron chi connectivity index (χ2n) is 8.48. The molecule has 180 valence electrons. The van der Waals surface area contributed by atoms with Crippen LogP contribution in [0, 0.1) is 5.92 Å². The van der Waals surface area contributed by atoms with E-state index in [0.29, 0.717) is 25.1 Å². The van der Waals surface area contributed by atoms with Gasteiger partial charge in [0.1, 0.15) is 6.04 Å². The largest absolute Gasteiger partial charge is 0.480 e. The molecular weight excluding hydrogens is 430 g/mol. The molecule has 0 aliphatic heterocycles. The van der Waals surface area contributed by atoms with Crippen LogP contribution in [-0.2, 0) is 16.1 Å². The standard InChI is InChI=1S/C26H33N5O3/c1-4-7-12-23(32)31(24(26(33)34)19(5-2)6-3)17-18-13-15-20(16-14-18)21-10-8-9-11-22(21)25-27-29-30-28-25/h8-11,13-16,19,24H,4-7,12,17H2,1-3H3,(H,33,34)(H,27,28,29,30). The van der Waals surface area contributed by atoms with E-state index < -0.39 is 12.0 Å². The predicted octanol–water partition coefficient (Wildman–Crippen LogP) is 4.94.